The number of aldehydes is 1. The molecule has 2 atom stereocenters. The van der Waals surface area contributed by atoms with Gasteiger partial charge >= 0.3 is 0 Å². The number of ether oxygens (including phenoxy) is 1. The number of benzene rings is 2. The molecule has 8 nitrogen and oxygen atoms in total. The van der Waals surface area contributed by atoms with Crippen molar-refractivity contribution in [3.8, 4) is 0 Å². The van der Waals surface area contributed by atoms with E-state index in [-0.39, 0.29) is 19.6 Å². The van der Waals surface area contributed by atoms with Crippen molar-refractivity contribution >= 4 is 24.3 Å². The number of aryl methyl sites for hydroxylation is 2. The minimum Gasteiger partial charge on any atom is -0.384 e. The third-order valence-corrected chi connectivity index (χ3v) is 7.38. The van der Waals surface area contributed by atoms with Crippen LogP contribution in [0.2, 0.25) is 5.02 Å². The van der Waals surface area contributed by atoms with Crippen LogP contribution in [0.3, 0.4) is 0 Å². The molecule has 0 fully saturated rings. The van der Waals surface area contributed by atoms with E-state index in [1.165, 1.54) is 0 Å². The number of amides is 1. The number of hydrogen-bond donors (Lipinski definition) is 2. The van der Waals surface area contributed by atoms with E-state index >= 15 is 0 Å². The molecule has 3 aromatic rings. The number of likely N-dealkylation sites (N-methyl/N-ethyl adjacent to an activating group) is 1. The number of carbonyl (C=O) groups excluding carboxylic acids is 2. The third kappa shape index (κ3) is 7.13. The fourth-order valence-corrected chi connectivity index (χ4v) is 5.13. The van der Waals surface area contributed by atoms with Crippen molar-refractivity contribution in [2.75, 3.05) is 40.3 Å². The van der Waals surface area contributed by atoms with Gasteiger partial charge in [0.25, 0.3) is 0 Å². The molecule has 0 aliphatic rings. The van der Waals surface area contributed by atoms with Gasteiger partial charge in [0.15, 0.2) is 5.72 Å². The van der Waals surface area contributed by atoms with Gasteiger partial charge in [0.2, 0.25) is 6.41 Å². The number of pyridine rings is 1. The predicted octanol–water partition coefficient (Wildman–Crippen LogP) is 3.79. The maximum atomic E-state index is 12.7. The second kappa shape index (κ2) is 14.0. The molecule has 2 aromatic carbocycles. The highest BCUT2D eigenvalue weighted by Gasteiger charge is 2.42. The lowest BCUT2D eigenvalue weighted by Crippen LogP contribution is -2.48. The highest BCUT2D eigenvalue weighted by Crippen LogP contribution is 2.40. The monoisotopic (exact) mass is 566 g/mol. The molecule has 214 valence electrons. The highest BCUT2D eigenvalue weighted by atomic mass is 35.5. The predicted molar refractivity (Wildman–Crippen MR) is 157 cm³/mol. The Morgan fingerprint density at radius 3 is 2.33 bits per heavy atom. The molecule has 0 saturated carbocycles. The summed E-state index contributed by atoms with van der Waals surface area (Å²) < 4.78 is 6.25. The fraction of sp³-hybridized carbons (Fsp3) is 0.387. The van der Waals surface area contributed by atoms with Gasteiger partial charge in [0.1, 0.15) is 6.29 Å². The minimum absolute atomic E-state index is 0.200. The largest absolute Gasteiger partial charge is 0.384 e. The van der Waals surface area contributed by atoms with Crippen molar-refractivity contribution in [2.24, 2.45) is 0 Å². The number of carbonyl (C=O) groups is 2. The first-order valence-corrected chi connectivity index (χ1v) is 13.6. The van der Waals surface area contributed by atoms with Gasteiger partial charge in [-0.3, -0.25) is 14.7 Å². The summed E-state index contributed by atoms with van der Waals surface area (Å²) in [5.41, 5.74) is 2.15. The van der Waals surface area contributed by atoms with E-state index in [0.29, 0.717) is 34.9 Å². The minimum atomic E-state index is -1.30. The zero-order valence-electron chi connectivity index (χ0n) is 23.9. The highest BCUT2D eigenvalue weighted by molar-refractivity contribution is 6.30. The summed E-state index contributed by atoms with van der Waals surface area (Å²) in [6.07, 6.45) is 3.37. The number of aliphatic hydroxyl groups is 1. The van der Waals surface area contributed by atoms with Crippen LogP contribution in [-0.4, -0.2) is 72.9 Å². The van der Waals surface area contributed by atoms with E-state index in [0.717, 1.165) is 29.4 Å². The lowest BCUT2D eigenvalue weighted by Gasteiger charge is -2.42. The van der Waals surface area contributed by atoms with Crippen LogP contribution in [0.5, 0.6) is 0 Å². The summed E-state index contributed by atoms with van der Waals surface area (Å²) in [5, 5.41) is 15.1. The second-order valence-electron chi connectivity index (χ2n) is 10.2. The molecule has 40 heavy (non-hydrogen) atoms. The Morgan fingerprint density at radius 2 is 1.77 bits per heavy atom. The van der Waals surface area contributed by atoms with E-state index in [9.17, 15) is 14.7 Å². The molecular formula is C31H39ClN4O4. The van der Waals surface area contributed by atoms with E-state index < -0.39 is 11.3 Å². The zero-order chi connectivity index (χ0) is 29.3. The molecule has 0 bridgehead atoms. The molecule has 2 N–H and O–H groups in total. The lowest BCUT2D eigenvalue weighted by atomic mass is 9.85. The van der Waals surface area contributed by atoms with Gasteiger partial charge in [-0.25, -0.2) is 0 Å². The normalized spacial score (nSPS) is 14.4. The molecule has 1 amide bonds. The van der Waals surface area contributed by atoms with Crippen LogP contribution in [-0.2, 0) is 32.2 Å². The Morgan fingerprint density at radius 1 is 1.07 bits per heavy atom. The van der Waals surface area contributed by atoms with Gasteiger partial charge in [-0.2, -0.15) is 0 Å². The average Bonchev–Trinajstić information content (AvgIpc) is 2.94. The van der Waals surface area contributed by atoms with Gasteiger partial charge in [0.05, 0.1) is 24.4 Å². The average molecular weight is 567 g/mol. The van der Waals surface area contributed by atoms with Crippen molar-refractivity contribution in [3.63, 3.8) is 0 Å². The van der Waals surface area contributed by atoms with Crippen LogP contribution in [0.25, 0.3) is 0 Å². The van der Waals surface area contributed by atoms with E-state index in [1.807, 2.05) is 68.3 Å². The summed E-state index contributed by atoms with van der Waals surface area (Å²) in [4.78, 5) is 31.9. The number of nitrogens with one attached hydrogen (secondary N) is 1. The Balaban J connectivity index is 2.09. The maximum absolute atomic E-state index is 12.7. The van der Waals surface area contributed by atoms with Crippen LogP contribution < -0.4 is 5.32 Å². The molecule has 1 aromatic heterocycles. The first-order valence-electron chi connectivity index (χ1n) is 13.2. The SMILES string of the molecule is CNCCN(CC=O)CC(C)(O)c1ccc([C@](OC)(c2ccc(Cl)cc2)N(C=O)Cc2ccc(C)cn2)c(C)c1. The molecule has 0 radical (unpaired) electrons. The molecule has 1 heterocycles. The molecule has 0 aliphatic heterocycles. The van der Waals surface area contributed by atoms with Crippen LogP contribution >= 0.6 is 11.6 Å². The van der Waals surface area contributed by atoms with Gasteiger partial charge in [-0.15, -0.1) is 0 Å². The Bertz CT molecular complexity index is 1270. The first-order chi connectivity index (χ1) is 19.1. The van der Waals surface area contributed by atoms with E-state index in [1.54, 1.807) is 37.3 Å². The Labute approximate surface area is 241 Å². The molecule has 0 spiro atoms. The zero-order valence-corrected chi connectivity index (χ0v) is 24.6. The number of rotatable bonds is 15. The molecule has 1 unspecified atom stereocenters. The summed E-state index contributed by atoms with van der Waals surface area (Å²) in [6, 6.07) is 16.7. The molecule has 3 rings (SSSR count). The van der Waals surface area contributed by atoms with E-state index in [4.69, 9.17) is 16.3 Å². The number of aromatic nitrogens is 1. The first kappa shape index (κ1) is 31.4. The standard InChI is InChI=1S/C31H39ClN4O4/c1-23-6-12-28(34-19-23)20-36(22-38)31(40-5,25-7-10-27(32)11-8-25)29-13-9-26(18-24(29)2)30(3,39)21-35(16-17-37)15-14-33-4/h6-13,17-19,22,33,39H,14-16,20-21H2,1-5H3/t30?,31-/m1/s1. The van der Waals surface area contributed by atoms with Crippen molar-refractivity contribution in [1.82, 2.24) is 20.1 Å². The number of nitrogens with zero attached hydrogens (tertiary/aromatic N) is 3. The summed E-state index contributed by atoms with van der Waals surface area (Å²) in [6.45, 7) is 7.63. The van der Waals surface area contributed by atoms with Gasteiger partial charge < -0.3 is 24.9 Å². The Hall–Kier alpha value is -3.14. The van der Waals surface area contributed by atoms with Gasteiger partial charge in [-0.1, -0.05) is 48.0 Å². The quantitative estimate of drug-likeness (QED) is 0.213. The van der Waals surface area contributed by atoms with Crippen LogP contribution in [0, 0.1) is 13.8 Å². The molecule has 9 heteroatoms. The van der Waals surface area contributed by atoms with E-state index in [2.05, 4.69) is 10.3 Å². The van der Waals surface area contributed by atoms with Crippen molar-refractivity contribution in [2.45, 2.75) is 38.6 Å². The van der Waals surface area contributed by atoms with Crippen LogP contribution in [0.1, 0.15) is 40.4 Å². The Kier molecular flexibility index (Phi) is 11.0. The number of methoxy groups -OCH3 is 1. The summed E-state index contributed by atoms with van der Waals surface area (Å²) in [7, 11) is 3.41. The molecular weight excluding hydrogens is 528 g/mol. The smallest absolute Gasteiger partial charge is 0.212 e. The van der Waals surface area contributed by atoms with Crippen LogP contribution in [0.4, 0.5) is 0 Å². The van der Waals surface area contributed by atoms with Gasteiger partial charge in [0, 0.05) is 49.1 Å². The summed E-state index contributed by atoms with van der Waals surface area (Å²) in [5.74, 6) is 0. The van der Waals surface area contributed by atoms with Crippen molar-refractivity contribution in [3.05, 3.63) is 99.3 Å². The van der Waals surface area contributed by atoms with Gasteiger partial charge in [-0.05, 0) is 62.7 Å². The molecule has 0 aliphatic carbocycles. The number of halogens is 1. The van der Waals surface area contributed by atoms with Crippen LogP contribution in [0.15, 0.2) is 60.8 Å². The number of hydrogen-bond acceptors (Lipinski definition) is 7. The fourth-order valence-electron chi connectivity index (χ4n) is 5.00. The molecule has 0 saturated heterocycles. The van der Waals surface area contributed by atoms with Crippen molar-refractivity contribution in [1.29, 1.82) is 0 Å². The maximum Gasteiger partial charge on any atom is 0.212 e. The topological polar surface area (TPSA) is 95.0 Å². The van der Waals surface area contributed by atoms with Crippen molar-refractivity contribution < 1.29 is 19.4 Å². The third-order valence-electron chi connectivity index (χ3n) is 7.12. The summed E-state index contributed by atoms with van der Waals surface area (Å²) >= 11 is 6.22. The lowest BCUT2D eigenvalue weighted by molar-refractivity contribution is -0.150. The second-order valence-corrected chi connectivity index (χ2v) is 10.7.